The Kier molecular flexibility index (Phi) is 5.32. The molecule has 1 unspecified atom stereocenters. The summed E-state index contributed by atoms with van der Waals surface area (Å²) < 4.78 is 6.56. The molecule has 1 aromatic carbocycles. The van der Waals surface area contributed by atoms with Crippen molar-refractivity contribution < 1.29 is 14.3 Å². The minimum Gasteiger partial charge on any atom is -0.460 e. The Morgan fingerprint density at radius 2 is 2.08 bits per heavy atom. The lowest BCUT2D eigenvalue weighted by atomic mass is 9.75. The van der Waals surface area contributed by atoms with E-state index in [9.17, 15) is 9.59 Å². The number of nitrogens with one attached hydrogen (secondary N) is 1. The van der Waals surface area contributed by atoms with E-state index >= 15 is 0 Å². The number of carbonyl (C=O) groups excluding carboxylic acids is 2. The number of halogens is 1. The minimum absolute atomic E-state index is 0.125. The number of carbonyl (C=O) groups is 2. The van der Waals surface area contributed by atoms with E-state index < -0.39 is 0 Å². The van der Waals surface area contributed by atoms with E-state index in [2.05, 4.69) is 27.9 Å². The number of rotatable bonds is 3. The third-order valence-corrected chi connectivity index (χ3v) is 5.19. The first-order valence-electron chi connectivity index (χ1n) is 8.59. The average molecular weight is 451 g/mol. The van der Waals surface area contributed by atoms with Gasteiger partial charge in [0.25, 0.3) is 0 Å². The third kappa shape index (κ3) is 3.66. The van der Waals surface area contributed by atoms with E-state index in [1.54, 1.807) is 0 Å². The molecule has 132 valence electrons. The standard InChI is InChI=1S/C20H22INO3/c1-11(2)25-20(24)17-12(3)22-15-8-5-9-16(23)19(15)18(17)13-6-4-7-14(21)10-13/h4,6-7,10-11,18,22H,5,8-9H2,1-3H3. The molecule has 25 heavy (non-hydrogen) atoms. The minimum atomic E-state index is -0.356. The third-order valence-electron chi connectivity index (χ3n) is 4.52. The molecular formula is C20H22INO3. The van der Waals surface area contributed by atoms with Gasteiger partial charge in [0.05, 0.1) is 11.7 Å². The summed E-state index contributed by atoms with van der Waals surface area (Å²) >= 11 is 2.26. The van der Waals surface area contributed by atoms with E-state index in [1.807, 2.05) is 45.0 Å². The van der Waals surface area contributed by atoms with Gasteiger partial charge in [0, 0.05) is 32.9 Å². The number of hydrogen-bond acceptors (Lipinski definition) is 4. The van der Waals surface area contributed by atoms with Crippen LogP contribution < -0.4 is 5.32 Å². The summed E-state index contributed by atoms with van der Waals surface area (Å²) in [4.78, 5) is 25.5. The maximum atomic E-state index is 12.8. The van der Waals surface area contributed by atoms with E-state index in [4.69, 9.17) is 4.74 Å². The van der Waals surface area contributed by atoms with Gasteiger partial charge >= 0.3 is 5.97 Å². The zero-order valence-corrected chi connectivity index (χ0v) is 16.8. The fourth-order valence-electron chi connectivity index (χ4n) is 3.55. The monoisotopic (exact) mass is 451 g/mol. The van der Waals surface area contributed by atoms with Crippen LogP contribution in [0.2, 0.25) is 0 Å². The van der Waals surface area contributed by atoms with Crippen molar-refractivity contribution in [2.24, 2.45) is 0 Å². The molecule has 1 heterocycles. The molecule has 1 aromatic rings. The normalized spacial score (nSPS) is 20.5. The largest absolute Gasteiger partial charge is 0.460 e. The summed E-state index contributed by atoms with van der Waals surface area (Å²) in [6.07, 6.45) is 2.02. The van der Waals surface area contributed by atoms with Gasteiger partial charge in [-0.3, -0.25) is 4.79 Å². The Balaban J connectivity index is 2.15. The fourth-order valence-corrected chi connectivity index (χ4v) is 4.12. The fraction of sp³-hybridized carbons (Fsp3) is 0.400. The first kappa shape index (κ1) is 18.2. The van der Waals surface area contributed by atoms with Crippen LogP contribution in [0.25, 0.3) is 0 Å². The predicted molar refractivity (Wildman–Crippen MR) is 105 cm³/mol. The van der Waals surface area contributed by atoms with Crippen LogP contribution in [0.3, 0.4) is 0 Å². The molecule has 0 amide bonds. The van der Waals surface area contributed by atoms with E-state index in [-0.39, 0.29) is 23.8 Å². The lowest BCUT2D eigenvalue weighted by Gasteiger charge is -2.34. The van der Waals surface area contributed by atoms with Gasteiger partial charge in [-0.15, -0.1) is 0 Å². The summed E-state index contributed by atoms with van der Waals surface area (Å²) in [7, 11) is 0. The first-order chi connectivity index (χ1) is 11.9. The quantitative estimate of drug-likeness (QED) is 0.553. The second kappa shape index (κ2) is 7.32. The van der Waals surface area contributed by atoms with Crippen molar-refractivity contribution in [2.45, 2.75) is 52.1 Å². The molecular weight excluding hydrogens is 429 g/mol. The molecule has 0 fully saturated rings. The maximum Gasteiger partial charge on any atom is 0.337 e. The van der Waals surface area contributed by atoms with Crippen LogP contribution in [0.5, 0.6) is 0 Å². The van der Waals surface area contributed by atoms with Crippen molar-refractivity contribution >= 4 is 34.3 Å². The molecule has 4 nitrogen and oxygen atoms in total. The highest BCUT2D eigenvalue weighted by atomic mass is 127. The van der Waals surface area contributed by atoms with Gasteiger partial charge in [-0.2, -0.15) is 0 Å². The second-order valence-corrected chi connectivity index (χ2v) is 8.02. The summed E-state index contributed by atoms with van der Waals surface area (Å²) in [6.45, 7) is 5.56. The lowest BCUT2D eigenvalue weighted by molar-refractivity contribution is -0.143. The number of ketones is 1. The van der Waals surface area contributed by atoms with Gasteiger partial charge in [-0.25, -0.2) is 4.79 Å². The van der Waals surface area contributed by atoms with Gasteiger partial charge < -0.3 is 10.1 Å². The summed E-state index contributed by atoms with van der Waals surface area (Å²) in [5.74, 6) is -0.584. The van der Waals surface area contributed by atoms with Crippen molar-refractivity contribution in [3.05, 3.63) is 55.9 Å². The van der Waals surface area contributed by atoms with E-state index in [1.165, 1.54) is 0 Å². The van der Waals surface area contributed by atoms with Crippen LogP contribution >= 0.6 is 22.6 Å². The van der Waals surface area contributed by atoms with E-state index in [0.717, 1.165) is 38.9 Å². The van der Waals surface area contributed by atoms with Gasteiger partial charge in [-0.05, 0) is 73.9 Å². The summed E-state index contributed by atoms with van der Waals surface area (Å²) in [5.41, 5.74) is 3.98. The summed E-state index contributed by atoms with van der Waals surface area (Å²) in [5, 5.41) is 3.30. The lowest BCUT2D eigenvalue weighted by Crippen LogP contribution is -2.35. The smallest absolute Gasteiger partial charge is 0.337 e. The van der Waals surface area contributed by atoms with Crippen LogP contribution in [0.1, 0.15) is 51.5 Å². The Morgan fingerprint density at radius 1 is 1.32 bits per heavy atom. The van der Waals surface area contributed by atoms with Crippen LogP contribution in [0, 0.1) is 3.57 Å². The molecule has 1 aliphatic heterocycles. The Morgan fingerprint density at radius 3 is 2.76 bits per heavy atom. The molecule has 1 N–H and O–H groups in total. The van der Waals surface area contributed by atoms with Gasteiger partial charge in [-0.1, -0.05) is 12.1 Å². The van der Waals surface area contributed by atoms with Crippen molar-refractivity contribution in [1.82, 2.24) is 5.32 Å². The van der Waals surface area contributed by atoms with Crippen LogP contribution in [-0.2, 0) is 14.3 Å². The van der Waals surface area contributed by atoms with Crippen molar-refractivity contribution in [2.75, 3.05) is 0 Å². The molecule has 0 radical (unpaired) electrons. The number of ether oxygens (including phenoxy) is 1. The maximum absolute atomic E-state index is 12.8. The molecule has 0 spiro atoms. The SMILES string of the molecule is CC1=C(C(=O)OC(C)C)C(c2cccc(I)c2)C2=C(CCCC2=O)N1. The molecule has 0 saturated heterocycles. The molecule has 1 atom stereocenters. The van der Waals surface area contributed by atoms with Crippen LogP contribution in [0.15, 0.2) is 46.8 Å². The van der Waals surface area contributed by atoms with Crippen molar-refractivity contribution in [1.29, 1.82) is 0 Å². The summed E-state index contributed by atoms with van der Waals surface area (Å²) in [6, 6.07) is 8.00. The first-order valence-corrected chi connectivity index (χ1v) is 9.67. The molecule has 2 aliphatic rings. The zero-order chi connectivity index (χ0) is 18.1. The number of benzene rings is 1. The topological polar surface area (TPSA) is 55.4 Å². The Labute approximate surface area is 161 Å². The van der Waals surface area contributed by atoms with Crippen LogP contribution in [-0.4, -0.2) is 17.9 Å². The van der Waals surface area contributed by atoms with Crippen molar-refractivity contribution in [3.8, 4) is 0 Å². The zero-order valence-electron chi connectivity index (χ0n) is 14.7. The average Bonchev–Trinajstić information content (AvgIpc) is 2.53. The molecule has 0 saturated carbocycles. The number of dihydropyridines is 1. The molecule has 0 aromatic heterocycles. The molecule has 0 bridgehead atoms. The number of Topliss-reactive ketones (excluding diaryl/α,β-unsaturated/α-hetero) is 1. The number of allylic oxidation sites excluding steroid dienone is 3. The van der Waals surface area contributed by atoms with Crippen LogP contribution in [0.4, 0.5) is 0 Å². The number of hydrogen-bond donors (Lipinski definition) is 1. The molecule has 1 aliphatic carbocycles. The van der Waals surface area contributed by atoms with Gasteiger partial charge in [0.15, 0.2) is 5.78 Å². The highest BCUT2D eigenvalue weighted by molar-refractivity contribution is 14.1. The second-order valence-electron chi connectivity index (χ2n) is 6.77. The van der Waals surface area contributed by atoms with E-state index in [0.29, 0.717) is 12.0 Å². The highest BCUT2D eigenvalue weighted by Crippen LogP contribution is 2.42. The molecule has 3 rings (SSSR count). The van der Waals surface area contributed by atoms with Gasteiger partial charge in [0.2, 0.25) is 0 Å². The Bertz CT molecular complexity index is 792. The Hall–Kier alpha value is -1.63. The number of esters is 1. The van der Waals surface area contributed by atoms with Gasteiger partial charge in [0.1, 0.15) is 0 Å². The van der Waals surface area contributed by atoms with Crippen molar-refractivity contribution in [3.63, 3.8) is 0 Å². The highest BCUT2D eigenvalue weighted by Gasteiger charge is 2.39. The molecule has 5 heteroatoms. The predicted octanol–water partition coefficient (Wildman–Crippen LogP) is 4.21.